The van der Waals surface area contributed by atoms with Crippen LogP contribution < -0.4 is 5.32 Å². The molecule has 3 rings (SSSR count). The van der Waals surface area contributed by atoms with Gasteiger partial charge in [0.25, 0.3) is 0 Å². The molecule has 0 spiro atoms. The maximum atomic E-state index is 12.4. The van der Waals surface area contributed by atoms with E-state index in [2.05, 4.69) is 44.0 Å². The summed E-state index contributed by atoms with van der Waals surface area (Å²) in [5.41, 5.74) is 0.994. The number of fused-ring (bicyclic) bond motifs is 1. The maximum Gasteiger partial charge on any atom is 0.240 e. The lowest BCUT2D eigenvalue weighted by molar-refractivity contribution is -0.123. The Kier molecular flexibility index (Phi) is 5.16. The van der Waals surface area contributed by atoms with Crippen molar-refractivity contribution in [1.29, 1.82) is 0 Å². The summed E-state index contributed by atoms with van der Waals surface area (Å²) in [5.74, 6) is 0.0452. The molecule has 1 saturated heterocycles. The van der Waals surface area contributed by atoms with Gasteiger partial charge in [-0.3, -0.25) is 9.69 Å². The molecule has 5 heteroatoms. The minimum Gasteiger partial charge on any atom is -0.373 e. The molecule has 0 saturated carbocycles. The van der Waals surface area contributed by atoms with Gasteiger partial charge >= 0.3 is 0 Å². The number of amides is 1. The molecule has 136 valence electrons. The summed E-state index contributed by atoms with van der Waals surface area (Å²) in [5, 5.41) is 4.27. The Hall–Kier alpha value is -1.85. The summed E-state index contributed by atoms with van der Waals surface area (Å²) < 4.78 is 7.81. The number of nitrogens with zero attached hydrogens (tertiary/aromatic N) is 2. The minimum atomic E-state index is -0.0965. The number of carbonyl (C=O) groups excluding carboxylic acids is 1. The van der Waals surface area contributed by atoms with Crippen LogP contribution in [0.5, 0.6) is 0 Å². The number of aromatic nitrogens is 1. The van der Waals surface area contributed by atoms with E-state index in [0.717, 1.165) is 24.0 Å². The van der Waals surface area contributed by atoms with Crippen LogP contribution in [0, 0.1) is 0 Å². The fourth-order valence-electron chi connectivity index (χ4n) is 3.59. The molecule has 1 N–H and O–H groups in total. The third-order valence-electron chi connectivity index (χ3n) is 4.99. The highest BCUT2D eigenvalue weighted by molar-refractivity contribution is 5.83. The number of morpholine rings is 1. The lowest BCUT2D eigenvalue weighted by Crippen LogP contribution is -2.58. The summed E-state index contributed by atoms with van der Waals surface area (Å²) >= 11 is 0. The van der Waals surface area contributed by atoms with E-state index in [9.17, 15) is 4.79 Å². The van der Waals surface area contributed by atoms with Crippen molar-refractivity contribution in [3.63, 3.8) is 0 Å². The van der Waals surface area contributed by atoms with Crippen molar-refractivity contribution in [3.05, 3.63) is 36.5 Å². The highest BCUT2D eigenvalue weighted by Crippen LogP contribution is 2.21. The molecule has 1 amide bonds. The number of nitrogens with one attached hydrogen (secondary N) is 1. The topological polar surface area (TPSA) is 46.5 Å². The third kappa shape index (κ3) is 4.22. The van der Waals surface area contributed by atoms with Gasteiger partial charge in [0.15, 0.2) is 0 Å². The predicted molar refractivity (Wildman–Crippen MR) is 101 cm³/mol. The molecule has 25 heavy (non-hydrogen) atoms. The molecular weight excluding hydrogens is 314 g/mol. The monoisotopic (exact) mass is 343 g/mol. The van der Waals surface area contributed by atoms with Gasteiger partial charge in [-0.15, -0.1) is 0 Å². The van der Waals surface area contributed by atoms with Crippen molar-refractivity contribution in [2.75, 3.05) is 19.6 Å². The Bertz CT molecular complexity index is 727. The summed E-state index contributed by atoms with van der Waals surface area (Å²) in [6.07, 6.45) is 2.43. The van der Waals surface area contributed by atoms with E-state index in [4.69, 9.17) is 4.74 Å². The van der Waals surface area contributed by atoms with Gasteiger partial charge in [-0.25, -0.2) is 0 Å². The summed E-state index contributed by atoms with van der Waals surface area (Å²) in [6.45, 7) is 11.4. The average Bonchev–Trinajstić information content (AvgIpc) is 2.95. The predicted octanol–water partition coefficient (Wildman–Crippen LogP) is 2.65. The molecule has 0 radical (unpaired) electrons. The second kappa shape index (κ2) is 7.18. The van der Waals surface area contributed by atoms with Gasteiger partial charge in [-0.1, -0.05) is 18.2 Å². The van der Waals surface area contributed by atoms with E-state index in [-0.39, 0.29) is 23.7 Å². The normalized spacial score (nSPS) is 22.2. The van der Waals surface area contributed by atoms with Crippen LogP contribution in [-0.4, -0.2) is 52.8 Å². The van der Waals surface area contributed by atoms with Crippen molar-refractivity contribution in [1.82, 2.24) is 14.8 Å². The van der Waals surface area contributed by atoms with Crippen LogP contribution in [0.2, 0.25) is 0 Å². The van der Waals surface area contributed by atoms with Crippen LogP contribution in [0.15, 0.2) is 36.5 Å². The molecule has 1 aliphatic rings. The molecular formula is C20H29N3O2. The molecule has 2 aromatic rings. The molecule has 0 aliphatic carbocycles. The first kappa shape index (κ1) is 18.0. The number of hydrogen-bond acceptors (Lipinski definition) is 3. The zero-order chi connectivity index (χ0) is 18.0. The Balaban J connectivity index is 1.58. The minimum absolute atomic E-state index is 0.0452. The van der Waals surface area contributed by atoms with E-state index >= 15 is 0 Å². The quantitative estimate of drug-likeness (QED) is 0.908. The van der Waals surface area contributed by atoms with E-state index in [1.807, 2.05) is 35.0 Å². The lowest BCUT2D eigenvalue weighted by Gasteiger charge is -2.45. The molecule has 2 atom stereocenters. The van der Waals surface area contributed by atoms with Gasteiger partial charge in [-0.05, 0) is 45.2 Å². The largest absolute Gasteiger partial charge is 0.373 e. The fraction of sp³-hybridized carbons (Fsp3) is 0.550. The van der Waals surface area contributed by atoms with Gasteiger partial charge in [0, 0.05) is 36.9 Å². The molecule has 5 nitrogen and oxygen atoms in total. The zero-order valence-corrected chi connectivity index (χ0v) is 15.7. The summed E-state index contributed by atoms with van der Waals surface area (Å²) in [6, 6.07) is 10.2. The zero-order valence-electron chi connectivity index (χ0n) is 15.7. The maximum absolute atomic E-state index is 12.4. The number of benzene rings is 1. The van der Waals surface area contributed by atoms with Gasteiger partial charge in [0.1, 0.15) is 6.54 Å². The Morgan fingerprint density at radius 3 is 2.60 bits per heavy atom. The molecule has 2 unspecified atom stereocenters. The van der Waals surface area contributed by atoms with E-state index in [0.29, 0.717) is 13.1 Å². The third-order valence-corrected chi connectivity index (χ3v) is 4.99. The first-order valence-corrected chi connectivity index (χ1v) is 9.06. The van der Waals surface area contributed by atoms with Crippen LogP contribution >= 0.6 is 0 Å². The van der Waals surface area contributed by atoms with E-state index < -0.39 is 0 Å². The van der Waals surface area contributed by atoms with Crippen molar-refractivity contribution in [3.8, 4) is 0 Å². The molecule has 2 heterocycles. The van der Waals surface area contributed by atoms with Gasteiger partial charge < -0.3 is 14.6 Å². The first-order valence-electron chi connectivity index (χ1n) is 9.06. The van der Waals surface area contributed by atoms with Crippen LogP contribution in [0.4, 0.5) is 0 Å². The SMILES string of the molecule is CC1CN(C(C)(C)CNC(=O)Cn2ccc3ccccc32)CC(C)O1. The number of hydrogen-bond donors (Lipinski definition) is 1. The molecule has 1 aromatic carbocycles. The summed E-state index contributed by atoms with van der Waals surface area (Å²) in [7, 11) is 0. The highest BCUT2D eigenvalue weighted by atomic mass is 16.5. The van der Waals surface area contributed by atoms with Gasteiger partial charge in [-0.2, -0.15) is 0 Å². The Morgan fingerprint density at radius 2 is 1.88 bits per heavy atom. The highest BCUT2D eigenvalue weighted by Gasteiger charge is 2.33. The van der Waals surface area contributed by atoms with E-state index in [1.165, 1.54) is 0 Å². The number of carbonyl (C=O) groups is 1. The van der Waals surface area contributed by atoms with E-state index in [1.54, 1.807) is 0 Å². The standard InChI is InChI=1S/C20H29N3O2/c1-15-11-23(12-16(2)25-15)20(3,4)14-21-19(24)13-22-10-9-17-7-5-6-8-18(17)22/h5-10,15-16H,11-14H2,1-4H3,(H,21,24). The van der Waals surface area contributed by atoms with Crippen LogP contribution in [0.3, 0.4) is 0 Å². The number of para-hydroxylation sites is 1. The number of rotatable bonds is 5. The molecule has 1 aromatic heterocycles. The van der Waals surface area contributed by atoms with Crippen LogP contribution in [-0.2, 0) is 16.1 Å². The lowest BCUT2D eigenvalue weighted by atomic mass is 10.00. The van der Waals surface area contributed by atoms with Crippen LogP contribution in [0.25, 0.3) is 10.9 Å². The molecule has 1 aliphatic heterocycles. The van der Waals surface area contributed by atoms with Crippen molar-refractivity contribution in [2.24, 2.45) is 0 Å². The number of ether oxygens (including phenoxy) is 1. The Morgan fingerprint density at radius 1 is 1.20 bits per heavy atom. The second-order valence-electron chi connectivity index (χ2n) is 7.75. The average molecular weight is 343 g/mol. The molecule has 0 bridgehead atoms. The van der Waals surface area contributed by atoms with Crippen molar-refractivity contribution >= 4 is 16.8 Å². The second-order valence-corrected chi connectivity index (χ2v) is 7.75. The van der Waals surface area contributed by atoms with Gasteiger partial charge in [0.05, 0.1) is 12.2 Å². The first-order chi connectivity index (χ1) is 11.8. The molecule has 1 fully saturated rings. The summed E-state index contributed by atoms with van der Waals surface area (Å²) in [4.78, 5) is 14.9. The fourth-order valence-corrected chi connectivity index (χ4v) is 3.59. The van der Waals surface area contributed by atoms with Gasteiger partial charge in [0.2, 0.25) is 5.91 Å². The Labute approximate surface area is 149 Å². The van der Waals surface area contributed by atoms with Crippen molar-refractivity contribution in [2.45, 2.75) is 52.0 Å². The smallest absolute Gasteiger partial charge is 0.240 e. The van der Waals surface area contributed by atoms with Crippen LogP contribution in [0.1, 0.15) is 27.7 Å². The van der Waals surface area contributed by atoms with Crippen molar-refractivity contribution < 1.29 is 9.53 Å².